The van der Waals surface area contributed by atoms with Crippen molar-refractivity contribution in [1.29, 1.82) is 0 Å². The second-order valence-electron chi connectivity index (χ2n) is 7.08. The van der Waals surface area contributed by atoms with E-state index in [1.165, 1.54) is 17.3 Å². The van der Waals surface area contributed by atoms with Crippen LogP contribution in [-0.4, -0.2) is 26.4 Å². The summed E-state index contributed by atoms with van der Waals surface area (Å²) in [4.78, 5) is 12.5. The topological polar surface area (TPSA) is 69.0 Å². The average Bonchev–Trinajstić information content (AvgIpc) is 3.04. The number of nitrogens with zero attached hydrogens (tertiary/aromatic N) is 3. The fourth-order valence-electron chi connectivity index (χ4n) is 3.24. The zero-order valence-corrected chi connectivity index (χ0v) is 18.2. The number of thioether (sulfide) groups is 1. The Kier molecular flexibility index (Phi) is 6.59. The third-order valence-electron chi connectivity index (χ3n) is 4.56. The monoisotopic (exact) mass is 410 g/mol. The van der Waals surface area contributed by atoms with Gasteiger partial charge in [-0.3, -0.25) is 4.79 Å². The smallest absolute Gasteiger partial charge is 0.234 e. The fraction of sp³-hybridized carbons (Fsp3) is 0.318. The molecule has 1 N–H and O–H groups in total. The molecule has 2 aromatic carbocycles. The largest absolute Gasteiger partial charge is 0.483 e. The first-order chi connectivity index (χ1) is 13.8. The van der Waals surface area contributed by atoms with Crippen molar-refractivity contribution >= 4 is 23.4 Å². The normalized spacial score (nSPS) is 11.9. The molecule has 0 saturated heterocycles. The van der Waals surface area contributed by atoms with Gasteiger partial charge in [0.2, 0.25) is 5.91 Å². The number of rotatable bonds is 7. The van der Waals surface area contributed by atoms with E-state index >= 15 is 0 Å². The summed E-state index contributed by atoms with van der Waals surface area (Å²) < 4.78 is 7.79. The van der Waals surface area contributed by atoms with E-state index in [2.05, 4.69) is 34.6 Å². The maximum atomic E-state index is 12.5. The van der Waals surface area contributed by atoms with Crippen molar-refractivity contribution in [3.63, 3.8) is 0 Å². The Morgan fingerprint density at radius 2 is 1.79 bits per heavy atom. The molecule has 3 aromatic rings. The fourth-order valence-corrected chi connectivity index (χ4v) is 3.96. The van der Waals surface area contributed by atoms with E-state index in [-0.39, 0.29) is 17.8 Å². The number of hydrogen-bond donors (Lipinski definition) is 1. The number of carbonyl (C=O) groups is 1. The Labute approximate surface area is 175 Å². The number of anilines is 1. The molecule has 1 aromatic heterocycles. The van der Waals surface area contributed by atoms with Gasteiger partial charge in [0.15, 0.2) is 17.1 Å². The van der Waals surface area contributed by atoms with Gasteiger partial charge in [0.05, 0.1) is 5.75 Å². The molecule has 6 nitrogen and oxygen atoms in total. The van der Waals surface area contributed by atoms with Gasteiger partial charge in [-0.25, -0.2) is 0 Å². The summed E-state index contributed by atoms with van der Waals surface area (Å²) in [6, 6.07) is 13.7. The molecule has 0 unspecified atom stereocenters. The van der Waals surface area contributed by atoms with Gasteiger partial charge < -0.3 is 14.6 Å². The molecule has 1 heterocycles. The van der Waals surface area contributed by atoms with Gasteiger partial charge in [-0.1, -0.05) is 47.7 Å². The first-order valence-electron chi connectivity index (χ1n) is 9.46. The molecular weight excluding hydrogens is 384 g/mol. The van der Waals surface area contributed by atoms with Crippen molar-refractivity contribution in [2.75, 3.05) is 11.1 Å². The number of para-hydroxylation sites is 1. The van der Waals surface area contributed by atoms with E-state index in [4.69, 9.17) is 4.74 Å². The van der Waals surface area contributed by atoms with E-state index in [0.29, 0.717) is 11.0 Å². The minimum atomic E-state index is -0.254. The standard InChI is InChI=1S/C22H26N4O2S/c1-14-11-15(2)20(16(3)12-14)23-19(27)13-29-22-25-24-21(26(22)5)17(4)28-18-9-7-6-8-10-18/h6-12,17H,13H2,1-5H3,(H,23,27)/t17-/m1/s1. The summed E-state index contributed by atoms with van der Waals surface area (Å²) in [6.07, 6.45) is -0.254. The molecule has 0 aliphatic carbocycles. The van der Waals surface area contributed by atoms with E-state index < -0.39 is 0 Å². The van der Waals surface area contributed by atoms with Gasteiger partial charge in [0.1, 0.15) is 5.75 Å². The molecule has 0 spiro atoms. The molecule has 29 heavy (non-hydrogen) atoms. The van der Waals surface area contributed by atoms with Crippen molar-refractivity contribution in [2.24, 2.45) is 7.05 Å². The van der Waals surface area contributed by atoms with Crippen LogP contribution in [0.4, 0.5) is 5.69 Å². The molecule has 0 saturated carbocycles. The highest BCUT2D eigenvalue weighted by molar-refractivity contribution is 7.99. The second-order valence-corrected chi connectivity index (χ2v) is 8.03. The Balaban J connectivity index is 1.61. The zero-order chi connectivity index (χ0) is 21.0. The molecule has 0 radical (unpaired) electrons. The highest BCUT2D eigenvalue weighted by atomic mass is 32.2. The molecule has 3 rings (SSSR count). The van der Waals surface area contributed by atoms with Crippen LogP contribution >= 0.6 is 11.8 Å². The number of ether oxygens (including phenoxy) is 1. The highest BCUT2D eigenvalue weighted by Crippen LogP contribution is 2.25. The van der Waals surface area contributed by atoms with Crippen LogP contribution in [0.25, 0.3) is 0 Å². The first-order valence-corrected chi connectivity index (χ1v) is 10.4. The molecule has 1 atom stereocenters. The third kappa shape index (κ3) is 5.17. The Hall–Kier alpha value is -2.80. The van der Waals surface area contributed by atoms with Crippen LogP contribution in [-0.2, 0) is 11.8 Å². The van der Waals surface area contributed by atoms with Crippen molar-refractivity contribution in [1.82, 2.24) is 14.8 Å². The number of carbonyl (C=O) groups excluding carboxylic acids is 1. The number of benzene rings is 2. The molecular formula is C22H26N4O2S. The van der Waals surface area contributed by atoms with Crippen molar-refractivity contribution < 1.29 is 9.53 Å². The van der Waals surface area contributed by atoms with Crippen LogP contribution in [0.2, 0.25) is 0 Å². The van der Waals surface area contributed by atoms with Crippen LogP contribution in [0, 0.1) is 20.8 Å². The number of nitrogens with one attached hydrogen (secondary N) is 1. The van der Waals surface area contributed by atoms with Gasteiger partial charge in [0.25, 0.3) is 0 Å². The average molecular weight is 411 g/mol. The van der Waals surface area contributed by atoms with Crippen LogP contribution in [0.5, 0.6) is 5.75 Å². The summed E-state index contributed by atoms with van der Waals surface area (Å²) in [5.74, 6) is 1.68. The number of hydrogen-bond acceptors (Lipinski definition) is 5. The van der Waals surface area contributed by atoms with Gasteiger partial charge in [0, 0.05) is 12.7 Å². The molecule has 152 valence electrons. The maximum absolute atomic E-state index is 12.5. The molecule has 7 heteroatoms. The zero-order valence-electron chi connectivity index (χ0n) is 17.4. The SMILES string of the molecule is Cc1cc(C)c(NC(=O)CSc2nnc([C@@H](C)Oc3ccccc3)n2C)c(C)c1. The van der Waals surface area contributed by atoms with Gasteiger partial charge in [-0.2, -0.15) is 0 Å². The van der Waals surface area contributed by atoms with E-state index in [1.807, 2.05) is 62.7 Å². The Morgan fingerprint density at radius 1 is 1.14 bits per heavy atom. The summed E-state index contributed by atoms with van der Waals surface area (Å²) >= 11 is 1.36. The lowest BCUT2D eigenvalue weighted by atomic mass is 10.1. The van der Waals surface area contributed by atoms with Crippen molar-refractivity contribution in [3.8, 4) is 5.75 Å². The summed E-state index contributed by atoms with van der Waals surface area (Å²) in [5, 5.41) is 12.2. The maximum Gasteiger partial charge on any atom is 0.234 e. The Morgan fingerprint density at radius 3 is 2.45 bits per heavy atom. The number of aromatic nitrogens is 3. The minimum absolute atomic E-state index is 0.0665. The second kappa shape index (κ2) is 9.13. The summed E-state index contributed by atoms with van der Waals surface area (Å²) in [5.41, 5.74) is 4.19. The molecule has 0 bridgehead atoms. The lowest BCUT2D eigenvalue weighted by Gasteiger charge is -2.14. The van der Waals surface area contributed by atoms with Gasteiger partial charge in [-0.15, -0.1) is 10.2 Å². The summed E-state index contributed by atoms with van der Waals surface area (Å²) in [7, 11) is 1.88. The van der Waals surface area contributed by atoms with Crippen molar-refractivity contribution in [3.05, 3.63) is 65.0 Å². The van der Waals surface area contributed by atoms with E-state index in [1.54, 1.807) is 0 Å². The third-order valence-corrected chi connectivity index (χ3v) is 5.58. The van der Waals surface area contributed by atoms with Crippen LogP contribution in [0.3, 0.4) is 0 Å². The molecule has 0 fully saturated rings. The van der Waals surface area contributed by atoms with Crippen LogP contribution in [0.1, 0.15) is 35.5 Å². The first kappa shape index (κ1) is 20.9. The van der Waals surface area contributed by atoms with E-state index in [9.17, 15) is 4.79 Å². The van der Waals surface area contributed by atoms with Gasteiger partial charge >= 0.3 is 0 Å². The van der Waals surface area contributed by atoms with Crippen LogP contribution in [0.15, 0.2) is 47.6 Å². The predicted octanol–water partition coefficient (Wildman–Crippen LogP) is 4.61. The lowest BCUT2D eigenvalue weighted by molar-refractivity contribution is -0.113. The van der Waals surface area contributed by atoms with Gasteiger partial charge in [-0.05, 0) is 51.0 Å². The molecule has 0 aliphatic rings. The lowest BCUT2D eigenvalue weighted by Crippen LogP contribution is -2.16. The molecule has 0 aliphatic heterocycles. The molecule has 1 amide bonds. The quantitative estimate of drug-likeness (QED) is 0.576. The number of amides is 1. The minimum Gasteiger partial charge on any atom is -0.483 e. The van der Waals surface area contributed by atoms with Crippen molar-refractivity contribution in [2.45, 2.75) is 39.0 Å². The highest BCUT2D eigenvalue weighted by Gasteiger charge is 2.18. The van der Waals surface area contributed by atoms with E-state index in [0.717, 1.165) is 22.6 Å². The summed E-state index contributed by atoms with van der Waals surface area (Å²) in [6.45, 7) is 7.99. The van der Waals surface area contributed by atoms with Crippen LogP contribution < -0.4 is 10.1 Å². The Bertz CT molecular complexity index is 978. The predicted molar refractivity (Wildman–Crippen MR) is 116 cm³/mol. The number of aryl methyl sites for hydroxylation is 3.